The molecule has 0 radical (unpaired) electrons. The summed E-state index contributed by atoms with van der Waals surface area (Å²) in [7, 11) is 0. The summed E-state index contributed by atoms with van der Waals surface area (Å²) in [6.07, 6.45) is 14.2. The Balaban J connectivity index is 1.54. The number of rotatable bonds is 4. The number of hydrogen-bond acceptors (Lipinski definition) is 2. The van der Waals surface area contributed by atoms with Crippen molar-refractivity contribution in [1.29, 1.82) is 0 Å². The largest absolute Gasteiger partial charge is 0.481 e. The van der Waals surface area contributed by atoms with Crippen LogP contribution in [0.4, 0.5) is 0 Å². The molecule has 3 nitrogen and oxygen atoms in total. The van der Waals surface area contributed by atoms with Crippen LogP contribution in [-0.2, 0) is 4.79 Å². The van der Waals surface area contributed by atoms with Crippen LogP contribution in [0.5, 0.6) is 0 Å². The van der Waals surface area contributed by atoms with Crippen molar-refractivity contribution in [2.45, 2.75) is 84.7 Å². The number of hydrogen-bond donors (Lipinski definition) is 2. The predicted molar refractivity (Wildman–Crippen MR) is 107 cm³/mol. The minimum Gasteiger partial charge on any atom is -0.481 e. The highest BCUT2D eigenvalue weighted by atomic mass is 16.4. The zero-order valence-corrected chi connectivity index (χ0v) is 17.4. The number of aliphatic carboxylic acids is 1. The lowest BCUT2D eigenvalue weighted by Gasteiger charge is -2.59. The smallest absolute Gasteiger partial charge is 0.303 e. The molecule has 9 atom stereocenters. The SMILES string of the molecule is C[C@H](CCC(=O)O)[C@H]1CC[C@H]2[C@@H]3CC[C@@H]4C[C@@H](O)C=C[C@]4(C)[C@H]3CC[C@]12C. The van der Waals surface area contributed by atoms with E-state index in [1.54, 1.807) is 0 Å². The molecule has 27 heavy (non-hydrogen) atoms. The van der Waals surface area contributed by atoms with E-state index in [0.29, 0.717) is 29.6 Å². The fraction of sp³-hybridized carbons (Fsp3) is 0.875. The highest BCUT2D eigenvalue weighted by molar-refractivity contribution is 5.66. The van der Waals surface area contributed by atoms with E-state index in [1.165, 1.54) is 38.5 Å². The highest BCUT2D eigenvalue weighted by Gasteiger charge is 2.59. The summed E-state index contributed by atoms with van der Waals surface area (Å²) in [6, 6.07) is 0. The second-order valence-corrected chi connectivity index (χ2v) is 10.8. The van der Waals surface area contributed by atoms with Gasteiger partial charge in [0.2, 0.25) is 0 Å². The van der Waals surface area contributed by atoms with Crippen LogP contribution in [0.2, 0.25) is 0 Å². The lowest BCUT2D eigenvalue weighted by molar-refractivity contribution is -0.137. The van der Waals surface area contributed by atoms with Crippen molar-refractivity contribution in [3.63, 3.8) is 0 Å². The molecule has 152 valence electrons. The number of aliphatic hydroxyl groups excluding tert-OH is 1. The summed E-state index contributed by atoms with van der Waals surface area (Å²) < 4.78 is 0. The third-order valence-corrected chi connectivity index (χ3v) is 9.74. The van der Waals surface area contributed by atoms with Crippen LogP contribution in [0.25, 0.3) is 0 Å². The molecule has 3 heteroatoms. The van der Waals surface area contributed by atoms with Crippen molar-refractivity contribution >= 4 is 5.97 Å². The molecule has 0 saturated heterocycles. The van der Waals surface area contributed by atoms with Gasteiger partial charge in [0.15, 0.2) is 0 Å². The average Bonchev–Trinajstić information content (AvgIpc) is 2.97. The standard InChI is InChI=1S/C24H38O3/c1-15(4-9-22(26)27)19-7-8-20-18-6-5-16-14-17(25)10-12-23(16,2)21(18)11-13-24(19,20)3/h10,12,15-21,25H,4-9,11,13-14H2,1-3H3,(H,26,27)/t15-,16-,17+,18+,19-,20+,21+,23+,24-/m1/s1. The number of carboxylic acid groups (broad SMARTS) is 1. The molecule has 0 heterocycles. The summed E-state index contributed by atoms with van der Waals surface area (Å²) in [4.78, 5) is 11.0. The Bertz CT molecular complexity index is 613. The molecule has 0 spiro atoms. The predicted octanol–water partition coefficient (Wildman–Crippen LogP) is 5.28. The third-order valence-electron chi connectivity index (χ3n) is 9.74. The molecule has 0 aromatic rings. The Kier molecular flexibility index (Phi) is 4.98. The van der Waals surface area contributed by atoms with Gasteiger partial charge in [-0.05, 0) is 97.7 Å². The van der Waals surface area contributed by atoms with Crippen molar-refractivity contribution in [1.82, 2.24) is 0 Å². The quantitative estimate of drug-likeness (QED) is 0.658. The Labute approximate surface area is 164 Å². The zero-order chi connectivity index (χ0) is 19.4. The van der Waals surface area contributed by atoms with E-state index in [2.05, 4.69) is 32.9 Å². The van der Waals surface area contributed by atoms with Gasteiger partial charge >= 0.3 is 5.97 Å². The van der Waals surface area contributed by atoms with Gasteiger partial charge in [0.05, 0.1) is 6.10 Å². The van der Waals surface area contributed by atoms with E-state index in [-0.39, 0.29) is 11.5 Å². The molecular formula is C24H38O3. The van der Waals surface area contributed by atoms with Crippen molar-refractivity contribution in [2.75, 3.05) is 0 Å². The van der Waals surface area contributed by atoms with E-state index in [0.717, 1.165) is 30.6 Å². The first kappa shape index (κ1) is 19.5. The van der Waals surface area contributed by atoms with Crippen LogP contribution >= 0.6 is 0 Å². The number of aliphatic hydroxyl groups is 1. The fourth-order valence-electron chi connectivity index (χ4n) is 8.32. The molecule has 2 N–H and O–H groups in total. The lowest BCUT2D eigenvalue weighted by Crippen LogP contribution is -2.52. The van der Waals surface area contributed by atoms with E-state index in [1.807, 2.05) is 0 Å². The van der Waals surface area contributed by atoms with Crippen LogP contribution in [0, 0.1) is 46.3 Å². The zero-order valence-electron chi connectivity index (χ0n) is 17.4. The summed E-state index contributed by atoms with van der Waals surface area (Å²) >= 11 is 0. The molecule has 4 aliphatic carbocycles. The van der Waals surface area contributed by atoms with Crippen LogP contribution in [0.1, 0.15) is 78.6 Å². The van der Waals surface area contributed by atoms with E-state index >= 15 is 0 Å². The maximum absolute atomic E-state index is 11.0. The van der Waals surface area contributed by atoms with Gasteiger partial charge in [-0.2, -0.15) is 0 Å². The highest BCUT2D eigenvalue weighted by Crippen LogP contribution is 2.67. The van der Waals surface area contributed by atoms with E-state index < -0.39 is 5.97 Å². The van der Waals surface area contributed by atoms with Gasteiger partial charge in [-0.25, -0.2) is 0 Å². The van der Waals surface area contributed by atoms with Crippen molar-refractivity contribution < 1.29 is 15.0 Å². The minimum absolute atomic E-state index is 0.237. The van der Waals surface area contributed by atoms with Crippen molar-refractivity contribution in [2.24, 2.45) is 46.3 Å². The number of carbonyl (C=O) groups is 1. The molecule has 3 saturated carbocycles. The maximum Gasteiger partial charge on any atom is 0.303 e. The van der Waals surface area contributed by atoms with Crippen LogP contribution in [0.3, 0.4) is 0 Å². The first-order valence-corrected chi connectivity index (χ1v) is 11.3. The maximum atomic E-state index is 11.0. The van der Waals surface area contributed by atoms with Gasteiger partial charge in [-0.15, -0.1) is 0 Å². The second-order valence-electron chi connectivity index (χ2n) is 10.8. The van der Waals surface area contributed by atoms with Gasteiger partial charge in [0, 0.05) is 6.42 Å². The summed E-state index contributed by atoms with van der Waals surface area (Å²) in [5.74, 6) is 3.61. The van der Waals surface area contributed by atoms with E-state index in [4.69, 9.17) is 5.11 Å². The summed E-state index contributed by atoms with van der Waals surface area (Å²) in [5, 5.41) is 19.2. The molecule has 4 rings (SSSR count). The van der Waals surface area contributed by atoms with Crippen LogP contribution in [0.15, 0.2) is 12.2 Å². The number of carboxylic acids is 1. The van der Waals surface area contributed by atoms with Gasteiger partial charge < -0.3 is 10.2 Å². The first-order valence-electron chi connectivity index (χ1n) is 11.3. The van der Waals surface area contributed by atoms with Crippen molar-refractivity contribution in [3.05, 3.63) is 12.2 Å². The molecule has 0 aromatic heterocycles. The fourth-order valence-corrected chi connectivity index (χ4v) is 8.32. The summed E-state index contributed by atoms with van der Waals surface area (Å²) in [6.45, 7) is 7.32. The van der Waals surface area contributed by atoms with Gasteiger partial charge in [0.25, 0.3) is 0 Å². The molecule has 0 amide bonds. The topological polar surface area (TPSA) is 57.5 Å². The molecule has 0 unspecified atom stereocenters. The Morgan fingerprint density at radius 3 is 2.67 bits per heavy atom. The number of allylic oxidation sites excluding steroid dienone is 1. The lowest BCUT2D eigenvalue weighted by atomic mass is 9.45. The Hall–Kier alpha value is -0.830. The molecule has 0 aliphatic heterocycles. The Morgan fingerprint density at radius 2 is 1.93 bits per heavy atom. The summed E-state index contributed by atoms with van der Waals surface area (Å²) in [5.41, 5.74) is 0.677. The first-order chi connectivity index (χ1) is 12.8. The van der Waals surface area contributed by atoms with Crippen molar-refractivity contribution in [3.8, 4) is 0 Å². The molecule has 4 aliphatic rings. The Morgan fingerprint density at radius 1 is 1.15 bits per heavy atom. The monoisotopic (exact) mass is 374 g/mol. The molecular weight excluding hydrogens is 336 g/mol. The normalized spacial score (nSPS) is 49.8. The van der Waals surface area contributed by atoms with Crippen LogP contribution in [-0.4, -0.2) is 22.3 Å². The van der Waals surface area contributed by atoms with Gasteiger partial charge in [0.1, 0.15) is 0 Å². The third kappa shape index (κ3) is 3.09. The molecule has 3 fully saturated rings. The van der Waals surface area contributed by atoms with Gasteiger partial charge in [-0.1, -0.05) is 32.9 Å². The van der Waals surface area contributed by atoms with Gasteiger partial charge in [-0.3, -0.25) is 4.79 Å². The van der Waals surface area contributed by atoms with E-state index in [9.17, 15) is 9.90 Å². The van der Waals surface area contributed by atoms with Crippen LogP contribution < -0.4 is 0 Å². The minimum atomic E-state index is -0.650. The number of fused-ring (bicyclic) bond motifs is 5. The molecule has 0 aromatic carbocycles. The second kappa shape index (κ2) is 6.90. The molecule has 0 bridgehead atoms. The average molecular weight is 375 g/mol.